The molecule has 5 heteroatoms. The second-order valence-corrected chi connectivity index (χ2v) is 8.30. The zero-order valence-electron chi connectivity index (χ0n) is 18.0. The summed E-state index contributed by atoms with van der Waals surface area (Å²) >= 11 is 0. The van der Waals surface area contributed by atoms with Gasteiger partial charge in [0, 0.05) is 49.3 Å². The number of rotatable bonds is 4. The van der Waals surface area contributed by atoms with Gasteiger partial charge >= 0.3 is 0 Å². The summed E-state index contributed by atoms with van der Waals surface area (Å²) in [5.74, 6) is 6.67. The fourth-order valence-corrected chi connectivity index (χ4v) is 4.84. The van der Waals surface area contributed by atoms with Crippen molar-refractivity contribution in [3.63, 3.8) is 0 Å². The van der Waals surface area contributed by atoms with Crippen LogP contribution in [0.3, 0.4) is 0 Å². The monoisotopic (exact) mass is 418 g/mol. The molecule has 162 valence electrons. The van der Waals surface area contributed by atoms with E-state index in [0.29, 0.717) is 6.54 Å². The molecule has 4 rings (SSSR count). The van der Waals surface area contributed by atoms with Crippen LogP contribution in [0.2, 0.25) is 0 Å². The minimum absolute atomic E-state index is 0.0436. The molecule has 0 bridgehead atoms. The molecule has 0 aromatic heterocycles. The molecule has 1 amide bonds. The number of methoxy groups -OCH3 is 1. The summed E-state index contributed by atoms with van der Waals surface area (Å²) < 4.78 is 5.07. The van der Waals surface area contributed by atoms with Crippen LogP contribution in [0, 0.1) is 11.8 Å². The largest absolute Gasteiger partial charge is 0.395 e. The molecule has 2 fully saturated rings. The first-order chi connectivity index (χ1) is 15.2. The van der Waals surface area contributed by atoms with Gasteiger partial charge < -0.3 is 14.7 Å². The summed E-state index contributed by atoms with van der Waals surface area (Å²) in [6.45, 7) is 2.67. The molecule has 0 saturated carbocycles. The van der Waals surface area contributed by atoms with E-state index in [0.717, 1.165) is 37.1 Å². The van der Waals surface area contributed by atoms with Gasteiger partial charge in [0.25, 0.3) is 0 Å². The van der Waals surface area contributed by atoms with Crippen LogP contribution >= 0.6 is 0 Å². The van der Waals surface area contributed by atoms with Crippen LogP contribution in [0.1, 0.15) is 35.4 Å². The van der Waals surface area contributed by atoms with Gasteiger partial charge in [-0.15, -0.1) is 0 Å². The summed E-state index contributed by atoms with van der Waals surface area (Å²) in [4.78, 5) is 16.8. The third-order valence-electron chi connectivity index (χ3n) is 6.41. The first kappa shape index (κ1) is 21.6. The zero-order valence-corrected chi connectivity index (χ0v) is 18.0. The van der Waals surface area contributed by atoms with Crippen molar-refractivity contribution in [3.05, 3.63) is 71.3 Å². The molecule has 2 aromatic rings. The lowest BCUT2D eigenvalue weighted by molar-refractivity contribution is -0.140. The molecule has 2 aromatic carbocycles. The SMILES string of the molecule is COCC(=O)N1CCCCN2[C@H](C1)[C@@H](c1ccc(C#Cc3ccccc3)cc1)[C@@H]2CO. The molecule has 0 aliphatic carbocycles. The van der Waals surface area contributed by atoms with Crippen LogP contribution in [-0.4, -0.2) is 72.9 Å². The summed E-state index contributed by atoms with van der Waals surface area (Å²) in [6, 6.07) is 18.6. The van der Waals surface area contributed by atoms with Crippen LogP contribution < -0.4 is 0 Å². The Kier molecular flexibility index (Phi) is 7.03. The molecule has 2 aliphatic rings. The topological polar surface area (TPSA) is 53.0 Å². The maximum absolute atomic E-state index is 12.5. The first-order valence-corrected chi connectivity index (χ1v) is 11.0. The Bertz CT molecular complexity index is 933. The van der Waals surface area contributed by atoms with Crippen molar-refractivity contribution < 1.29 is 14.6 Å². The van der Waals surface area contributed by atoms with Gasteiger partial charge in [0.1, 0.15) is 6.61 Å². The number of carbonyl (C=O) groups excluding carboxylic acids is 1. The van der Waals surface area contributed by atoms with Crippen molar-refractivity contribution in [2.45, 2.75) is 30.8 Å². The van der Waals surface area contributed by atoms with Gasteiger partial charge in [0.05, 0.1) is 6.61 Å². The number of amides is 1. The third kappa shape index (κ3) is 4.83. The van der Waals surface area contributed by atoms with Gasteiger partial charge in [0.2, 0.25) is 5.91 Å². The standard InChI is InChI=1S/C26H30N2O3/c1-31-19-25(30)27-15-5-6-16-28-23(17-27)26(24(28)18-29)22-13-11-21(12-14-22)10-9-20-7-3-2-4-8-20/h2-4,7-8,11-14,23-24,26,29H,5-6,15-19H2,1H3/t23-,24+,26-/m1/s1. The molecule has 31 heavy (non-hydrogen) atoms. The van der Waals surface area contributed by atoms with E-state index in [1.54, 1.807) is 7.11 Å². The summed E-state index contributed by atoms with van der Waals surface area (Å²) in [7, 11) is 1.56. The second-order valence-electron chi connectivity index (χ2n) is 8.30. The molecule has 0 unspecified atom stereocenters. The highest BCUT2D eigenvalue weighted by Crippen LogP contribution is 2.41. The number of fused-ring (bicyclic) bond motifs is 1. The van der Waals surface area contributed by atoms with Crippen molar-refractivity contribution in [2.75, 3.05) is 40.0 Å². The van der Waals surface area contributed by atoms with E-state index in [-0.39, 0.29) is 37.1 Å². The highest BCUT2D eigenvalue weighted by atomic mass is 16.5. The maximum Gasteiger partial charge on any atom is 0.248 e. The van der Waals surface area contributed by atoms with E-state index < -0.39 is 0 Å². The van der Waals surface area contributed by atoms with Crippen molar-refractivity contribution >= 4 is 5.91 Å². The number of aliphatic hydroxyl groups is 1. The quantitative estimate of drug-likeness (QED) is 0.776. The molecule has 5 nitrogen and oxygen atoms in total. The molecule has 2 saturated heterocycles. The van der Waals surface area contributed by atoms with Crippen LogP contribution in [0.15, 0.2) is 54.6 Å². The molecule has 1 N–H and O–H groups in total. The van der Waals surface area contributed by atoms with Gasteiger partial charge in [-0.3, -0.25) is 9.69 Å². The van der Waals surface area contributed by atoms with E-state index in [1.165, 1.54) is 5.56 Å². The predicted octanol–water partition coefficient (Wildman–Crippen LogP) is 2.48. The van der Waals surface area contributed by atoms with Crippen LogP contribution in [0.25, 0.3) is 0 Å². The number of nitrogens with zero attached hydrogens (tertiary/aromatic N) is 2. The van der Waals surface area contributed by atoms with Gasteiger partial charge in [0.15, 0.2) is 0 Å². The van der Waals surface area contributed by atoms with Gasteiger partial charge in [-0.25, -0.2) is 0 Å². The predicted molar refractivity (Wildman–Crippen MR) is 121 cm³/mol. The molecule has 2 aliphatic heterocycles. The third-order valence-corrected chi connectivity index (χ3v) is 6.41. The molecule has 0 radical (unpaired) electrons. The Balaban J connectivity index is 1.51. The smallest absolute Gasteiger partial charge is 0.248 e. The molecule has 0 spiro atoms. The highest BCUT2D eigenvalue weighted by molar-refractivity contribution is 5.77. The fourth-order valence-electron chi connectivity index (χ4n) is 4.84. The van der Waals surface area contributed by atoms with E-state index in [4.69, 9.17) is 4.74 Å². The zero-order chi connectivity index (χ0) is 21.6. The average molecular weight is 419 g/mol. The van der Waals surface area contributed by atoms with E-state index in [9.17, 15) is 9.90 Å². The summed E-state index contributed by atoms with van der Waals surface area (Å²) in [5, 5.41) is 10.1. The van der Waals surface area contributed by atoms with E-state index >= 15 is 0 Å². The van der Waals surface area contributed by atoms with Gasteiger partial charge in [-0.2, -0.15) is 0 Å². The lowest BCUT2D eigenvalue weighted by atomic mass is 9.74. The molecule has 2 heterocycles. The van der Waals surface area contributed by atoms with Crippen molar-refractivity contribution in [3.8, 4) is 11.8 Å². The summed E-state index contributed by atoms with van der Waals surface area (Å²) in [6.07, 6.45) is 2.01. The first-order valence-electron chi connectivity index (χ1n) is 11.0. The van der Waals surface area contributed by atoms with Crippen molar-refractivity contribution in [1.29, 1.82) is 0 Å². The van der Waals surface area contributed by atoms with Crippen LogP contribution in [0.4, 0.5) is 0 Å². The highest BCUT2D eigenvalue weighted by Gasteiger charge is 2.49. The number of carbonyl (C=O) groups is 1. The molecular formula is C26H30N2O3. The minimum atomic E-state index is 0.0436. The summed E-state index contributed by atoms with van der Waals surface area (Å²) in [5.41, 5.74) is 3.17. The normalized spacial score (nSPS) is 23.5. The Morgan fingerprint density at radius 3 is 2.39 bits per heavy atom. The van der Waals surface area contributed by atoms with Crippen LogP contribution in [-0.2, 0) is 9.53 Å². The minimum Gasteiger partial charge on any atom is -0.395 e. The van der Waals surface area contributed by atoms with Gasteiger partial charge in [-0.1, -0.05) is 42.2 Å². The van der Waals surface area contributed by atoms with E-state index in [2.05, 4.69) is 41.0 Å². The molecule has 3 atom stereocenters. The Morgan fingerprint density at radius 2 is 1.71 bits per heavy atom. The second kappa shape index (κ2) is 10.1. The number of hydrogen-bond acceptors (Lipinski definition) is 4. The Morgan fingerprint density at radius 1 is 1.03 bits per heavy atom. The average Bonchev–Trinajstić information content (AvgIpc) is 2.78. The van der Waals surface area contributed by atoms with Crippen molar-refractivity contribution in [1.82, 2.24) is 9.80 Å². The lowest BCUT2D eigenvalue weighted by Gasteiger charge is -2.57. The van der Waals surface area contributed by atoms with Gasteiger partial charge in [-0.05, 0) is 49.2 Å². The number of benzene rings is 2. The molecular weight excluding hydrogens is 388 g/mol. The van der Waals surface area contributed by atoms with Crippen molar-refractivity contribution in [2.24, 2.45) is 0 Å². The lowest BCUT2D eigenvalue weighted by Crippen LogP contribution is -2.68. The van der Waals surface area contributed by atoms with E-state index in [1.807, 2.05) is 35.2 Å². The maximum atomic E-state index is 12.5. The number of hydrogen-bond donors (Lipinski definition) is 1. The Hall–Kier alpha value is -2.65. The van der Waals surface area contributed by atoms with Crippen LogP contribution in [0.5, 0.6) is 0 Å². The number of ether oxygens (including phenoxy) is 1. The Labute approximate surface area is 184 Å². The number of aliphatic hydroxyl groups excluding tert-OH is 1. The fraction of sp³-hybridized carbons (Fsp3) is 0.423.